The van der Waals surface area contributed by atoms with Gasteiger partial charge in [0.2, 0.25) is 0 Å². The number of rotatable bonds is 4. The van der Waals surface area contributed by atoms with Gasteiger partial charge in [0.05, 0.1) is 11.7 Å². The Morgan fingerprint density at radius 3 is 3.17 bits per heavy atom. The van der Waals surface area contributed by atoms with Gasteiger partial charge in [0.1, 0.15) is 16.7 Å². The van der Waals surface area contributed by atoms with Crippen molar-refractivity contribution in [1.29, 1.82) is 5.26 Å². The van der Waals surface area contributed by atoms with Crippen LogP contribution in [0.25, 0.3) is 0 Å². The average molecular weight is 259 g/mol. The quantitative estimate of drug-likeness (QED) is 0.914. The van der Waals surface area contributed by atoms with E-state index in [0.29, 0.717) is 16.3 Å². The smallest absolute Gasteiger partial charge is 0.267 e. The van der Waals surface area contributed by atoms with E-state index >= 15 is 0 Å². The van der Waals surface area contributed by atoms with Crippen molar-refractivity contribution in [1.82, 2.24) is 4.98 Å². The lowest BCUT2D eigenvalue weighted by molar-refractivity contribution is 0.103. The van der Waals surface area contributed by atoms with Crippen molar-refractivity contribution < 1.29 is 9.53 Å². The van der Waals surface area contributed by atoms with E-state index in [4.69, 9.17) is 10.00 Å². The topological polar surface area (TPSA) is 75.0 Å². The SMILES string of the molecule is N#CCOc1cccc(NC(=O)c2cncs2)c1. The Kier molecular flexibility index (Phi) is 3.89. The van der Waals surface area contributed by atoms with Gasteiger partial charge in [-0.3, -0.25) is 9.78 Å². The first-order valence-corrected chi connectivity index (χ1v) is 5.97. The molecule has 0 fully saturated rings. The standard InChI is InChI=1S/C12H9N3O2S/c13-4-5-17-10-3-1-2-9(6-10)15-12(16)11-7-14-8-18-11/h1-3,6-8H,5H2,(H,15,16). The molecular formula is C12H9N3O2S. The zero-order chi connectivity index (χ0) is 12.8. The van der Waals surface area contributed by atoms with Gasteiger partial charge < -0.3 is 10.1 Å². The summed E-state index contributed by atoms with van der Waals surface area (Å²) in [7, 11) is 0. The van der Waals surface area contributed by atoms with Gasteiger partial charge in [-0.2, -0.15) is 5.26 Å². The van der Waals surface area contributed by atoms with Crippen molar-refractivity contribution >= 4 is 22.9 Å². The number of nitrogens with zero attached hydrogens (tertiary/aromatic N) is 2. The van der Waals surface area contributed by atoms with Crippen molar-refractivity contribution in [2.75, 3.05) is 11.9 Å². The highest BCUT2D eigenvalue weighted by atomic mass is 32.1. The van der Waals surface area contributed by atoms with Crippen LogP contribution in [0.2, 0.25) is 0 Å². The molecule has 2 aromatic rings. The fourth-order valence-corrected chi connectivity index (χ4v) is 1.81. The van der Waals surface area contributed by atoms with E-state index in [0.717, 1.165) is 0 Å². The third-order valence-corrected chi connectivity index (χ3v) is 2.82. The molecule has 1 aromatic heterocycles. The van der Waals surface area contributed by atoms with Crippen molar-refractivity contribution in [2.45, 2.75) is 0 Å². The minimum Gasteiger partial charge on any atom is -0.479 e. The number of hydrogen-bond donors (Lipinski definition) is 1. The van der Waals surface area contributed by atoms with Gasteiger partial charge in [-0.25, -0.2) is 0 Å². The van der Waals surface area contributed by atoms with E-state index in [1.54, 1.807) is 29.8 Å². The van der Waals surface area contributed by atoms with Crippen molar-refractivity contribution in [3.8, 4) is 11.8 Å². The number of amides is 1. The van der Waals surface area contributed by atoms with Gasteiger partial charge in [0.25, 0.3) is 5.91 Å². The van der Waals surface area contributed by atoms with E-state index in [2.05, 4.69) is 10.3 Å². The number of carbonyl (C=O) groups excluding carboxylic acids is 1. The molecule has 1 amide bonds. The molecule has 0 spiro atoms. The maximum Gasteiger partial charge on any atom is 0.267 e. The Labute approximate surface area is 108 Å². The first kappa shape index (κ1) is 12.1. The highest BCUT2D eigenvalue weighted by Crippen LogP contribution is 2.18. The fourth-order valence-electron chi connectivity index (χ4n) is 1.30. The molecule has 6 heteroatoms. The van der Waals surface area contributed by atoms with Gasteiger partial charge in [-0.1, -0.05) is 6.07 Å². The molecule has 0 atom stereocenters. The number of aromatic nitrogens is 1. The van der Waals surface area contributed by atoms with E-state index < -0.39 is 0 Å². The second kappa shape index (κ2) is 5.80. The summed E-state index contributed by atoms with van der Waals surface area (Å²) in [4.78, 5) is 16.1. The van der Waals surface area contributed by atoms with E-state index in [1.807, 2.05) is 6.07 Å². The summed E-state index contributed by atoms with van der Waals surface area (Å²) >= 11 is 1.27. The van der Waals surface area contributed by atoms with Gasteiger partial charge in [-0.05, 0) is 12.1 Å². The van der Waals surface area contributed by atoms with Crippen LogP contribution in [0.4, 0.5) is 5.69 Å². The molecule has 1 heterocycles. The number of hydrogen-bond acceptors (Lipinski definition) is 5. The van der Waals surface area contributed by atoms with Crippen molar-refractivity contribution in [3.05, 3.63) is 40.8 Å². The maximum atomic E-state index is 11.8. The fraction of sp³-hybridized carbons (Fsp3) is 0.0833. The lowest BCUT2D eigenvalue weighted by atomic mass is 10.3. The van der Waals surface area contributed by atoms with Gasteiger partial charge in [0, 0.05) is 11.8 Å². The van der Waals surface area contributed by atoms with E-state index in [1.165, 1.54) is 17.5 Å². The summed E-state index contributed by atoms with van der Waals surface area (Å²) in [5.74, 6) is 0.327. The molecule has 0 bridgehead atoms. The summed E-state index contributed by atoms with van der Waals surface area (Å²) < 4.78 is 5.15. The van der Waals surface area contributed by atoms with Crippen LogP contribution in [0.15, 0.2) is 36.0 Å². The first-order chi connectivity index (χ1) is 8.79. The Balaban J connectivity index is 2.05. The molecule has 0 aliphatic carbocycles. The minimum absolute atomic E-state index is 0.0216. The molecule has 2 rings (SSSR count). The molecule has 0 saturated carbocycles. The maximum absolute atomic E-state index is 11.8. The van der Waals surface area contributed by atoms with Crippen LogP contribution in [0, 0.1) is 11.3 Å². The predicted molar refractivity (Wildman–Crippen MR) is 67.6 cm³/mol. The third-order valence-electron chi connectivity index (χ3n) is 2.05. The molecule has 90 valence electrons. The van der Waals surface area contributed by atoms with Crippen LogP contribution >= 0.6 is 11.3 Å². The number of carbonyl (C=O) groups is 1. The molecule has 5 nitrogen and oxygen atoms in total. The molecule has 0 saturated heterocycles. The number of thiazole rings is 1. The predicted octanol–water partition coefficient (Wildman–Crippen LogP) is 2.30. The van der Waals surface area contributed by atoms with Crippen molar-refractivity contribution in [3.63, 3.8) is 0 Å². The Morgan fingerprint density at radius 1 is 1.56 bits per heavy atom. The number of benzene rings is 1. The van der Waals surface area contributed by atoms with Crippen LogP contribution in [-0.4, -0.2) is 17.5 Å². The van der Waals surface area contributed by atoms with Crippen LogP contribution in [0.1, 0.15) is 9.67 Å². The second-order valence-electron chi connectivity index (χ2n) is 3.29. The minimum atomic E-state index is -0.213. The number of nitrogens with one attached hydrogen (secondary N) is 1. The zero-order valence-electron chi connectivity index (χ0n) is 9.29. The highest BCUT2D eigenvalue weighted by Gasteiger charge is 2.07. The lowest BCUT2D eigenvalue weighted by Crippen LogP contribution is -2.10. The summed E-state index contributed by atoms with van der Waals surface area (Å²) in [5.41, 5.74) is 2.21. The Hall–Kier alpha value is -2.39. The molecule has 1 N–H and O–H groups in total. The number of ether oxygens (including phenoxy) is 1. The molecule has 0 unspecified atom stereocenters. The van der Waals surface area contributed by atoms with Gasteiger partial charge >= 0.3 is 0 Å². The first-order valence-electron chi connectivity index (χ1n) is 5.09. The molecule has 1 aromatic carbocycles. The summed E-state index contributed by atoms with van der Waals surface area (Å²) in [6, 6.07) is 8.76. The van der Waals surface area contributed by atoms with Crippen LogP contribution in [-0.2, 0) is 0 Å². The summed E-state index contributed by atoms with van der Waals surface area (Å²) in [6.45, 7) is -0.0216. The highest BCUT2D eigenvalue weighted by molar-refractivity contribution is 7.11. The molecule has 0 radical (unpaired) electrons. The zero-order valence-corrected chi connectivity index (χ0v) is 10.1. The molecule has 0 aliphatic heterocycles. The summed E-state index contributed by atoms with van der Waals surface area (Å²) in [5, 5.41) is 11.1. The average Bonchev–Trinajstić information content (AvgIpc) is 2.91. The Bertz CT molecular complexity index is 575. The van der Waals surface area contributed by atoms with E-state index in [-0.39, 0.29) is 12.5 Å². The van der Waals surface area contributed by atoms with Crippen LogP contribution in [0.3, 0.4) is 0 Å². The molecule has 0 aliphatic rings. The van der Waals surface area contributed by atoms with E-state index in [9.17, 15) is 4.79 Å². The monoisotopic (exact) mass is 259 g/mol. The third kappa shape index (κ3) is 3.06. The van der Waals surface area contributed by atoms with Crippen molar-refractivity contribution in [2.24, 2.45) is 0 Å². The lowest BCUT2D eigenvalue weighted by Gasteiger charge is -2.06. The second-order valence-corrected chi connectivity index (χ2v) is 4.18. The van der Waals surface area contributed by atoms with Crippen LogP contribution < -0.4 is 10.1 Å². The molecular weight excluding hydrogens is 250 g/mol. The number of anilines is 1. The largest absolute Gasteiger partial charge is 0.479 e. The van der Waals surface area contributed by atoms with Crippen LogP contribution in [0.5, 0.6) is 5.75 Å². The van der Waals surface area contributed by atoms with Gasteiger partial charge in [-0.15, -0.1) is 11.3 Å². The number of nitriles is 1. The normalized spacial score (nSPS) is 9.50. The molecule has 18 heavy (non-hydrogen) atoms. The van der Waals surface area contributed by atoms with Gasteiger partial charge in [0.15, 0.2) is 6.61 Å². The summed E-state index contributed by atoms with van der Waals surface area (Å²) in [6.07, 6.45) is 1.51. The Morgan fingerprint density at radius 2 is 2.44 bits per heavy atom.